The molecule has 3 aliphatic heterocycles. The van der Waals surface area contributed by atoms with Crippen molar-refractivity contribution in [2.75, 3.05) is 76.4 Å². The summed E-state index contributed by atoms with van der Waals surface area (Å²) in [5, 5.41) is 6.12. The Labute approximate surface area is 183 Å². The molecule has 1 atom stereocenters. The van der Waals surface area contributed by atoms with Gasteiger partial charge in [-0.3, -0.25) is 9.59 Å². The van der Waals surface area contributed by atoms with Crippen molar-refractivity contribution in [3.05, 3.63) is 17.8 Å². The van der Waals surface area contributed by atoms with Crippen LogP contribution in [0.1, 0.15) is 29.6 Å². The maximum absolute atomic E-state index is 12.8. The number of hydrogen-bond donors (Lipinski definition) is 2. The number of anilines is 2. The maximum Gasteiger partial charge on any atom is 0.252 e. The number of aromatic nitrogens is 1. The lowest BCUT2D eigenvalue weighted by atomic mass is 9.99. The number of likely N-dealkylation sites (tertiary alicyclic amines) is 1. The first kappa shape index (κ1) is 22.0. The van der Waals surface area contributed by atoms with Gasteiger partial charge in [0.15, 0.2) is 0 Å². The van der Waals surface area contributed by atoms with Crippen LogP contribution in [0.25, 0.3) is 0 Å². The van der Waals surface area contributed by atoms with E-state index in [0.717, 1.165) is 58.7 Å². The first-order chi connectivity index (χ1) is 15.1. The number of rotatable bonds is 8. The average Bonchev–Trinajstić information content (AvgIpc) is 3.26. The fraction of sp³-hybridized carbons (Fsp3) is 0.682. The zero-order chi connectivity index (χ0) is 21.6. The van der Waals surface area contributed by atoms with E-state index >= 15 is 0 Å². The Balaban J connectivity index is 1.37. The first-order valence-electron chi connectivity index (χ1n) is 11.3. The second kappa shape index (κ2) is 10.4. The number of ether oxygens (including phenoxy) is 2. The van der Waals surface area contributed by atoms with E-state index in [1.165, 1.54) is 0 Å². The number of amides is 2. The Hall–Kier alpha value is -2.23. The summed E-state index contributed by atoms with van der Waals surface area (Å²) in [6.45, 7) is 6.67. The van der Waals surface area contributed by atoms with E-state index < -0.39 is 0 Å². The van der Waals surface area contributed by atoms with E-state index in [-0.39, 0.29) is 18.4 Å². The van der Waals surface area contributed by atoms with Crippen LogP contribution in [0.2, 0.25) is 0 Å². The third kappa shape index (κ3) is 5.53. The molecule has 9 heteroatoms. The molecule has 1 unspecified atom stereocenters. The summed E-state index contributed by atoms with van der Waals surface area (Å²) >= 11 is 0. The molecule has 3 aliphatic rings. The third-order valence-corrected chi connectivity index (χ3v) is 6.44. The van der Waals surface area contributed by atoms with Gasteiger partial charge in [0.2, 0.25) is 5.91 Å². The molecule has 2 N–H and O–H groups in total. The summed E-state index contributed by atoms with van der Waals surface area (Å²) in [6, 6.07) is 1.79. The van der Waals surface area contributed by atoms with E-state index in [0.29, 0.717) is 42.0 Å². The Morgan fingerprint density at radius 3 is 2.97 bits per heavy atom. The molecule has 1 aromatic rings. The highest BCUT2D eigenvalue weighted by atomic mass is 16.5. The molecule has 9 nitrogen and oxygen atoms in total. The van der Waals surface area contributed by atoms with Gasteiger partial charge >= 0.3 is 0 Å². The number of hydrogen-bond acceptors (Lipinski definition) is 7. The zero-order valence-electron chi connectivity index (χ0n) is 18.3. The van der Waals surface area contributed by atoms with E-state index in [9.17, 15) is 9.59 Å². The number of carbonyl (C=O) groups excluding carboxylic acids is 2. The molecule has 0 radical (unpaired) electrons. The summed E-state index contributed by atoms with van der Waals surface area (Å²) in [5.74, 6) is 1.38. The first-order valence-corrected chi connectivity index (χ1v) is 11.3. The van der Waals surface area contributed by atoms with Gasteiger partial charge in [0.25, 0.3) is 5.91 Å². The second-order valence-corrected chi connectivity index (χ2v) is 8.66. The van der Waals surface area contributed by atoms with Crippen LogP contribution < -0.4 is 15.5 Å². The van der Waals surface area contributed by atoms with Gasteiger partial charge in [0, 0.05) is 52.7 Å². The number of nitrogens with zero attached hydrogens (tertiary/aromatic N) is 3. The van der Waals surface area contributed by atoms with Crippen molar-refractivity contribution in [3.8, 4) is 0 Å². The Morgan fingerprint density at radius 2 is 2.16 bits per heavy atom. The minimum atomic E-state index is -0.144. The largest absolute Gasteiger partial charge is 0.383 e. The van der Waals surface area contributed by atoms with Crippen LogP contribution in [0.5, 0.6) is 0 Å². The zero-order valence-corrected chi connectivity index (χ0v) is 18.3. The van der Waals surface area contributed by atoms with Crippen LogP contribution in [0.15, 0.2) is 12.3 Å². The smallest absolute Gasteiger partial charge is 0.252 e. The molecule has 4 rings (SSSR count). The summed E-state index contributed by atoms with van der Waals surface area (Å²) < 4.78 is 10.6. The molecule has 4 heterocycles. The van der Waals surface area contributed by atoms with Gasteiger partial charge < -0.3 is 29.9 Å². The minimum absolute atomic E-state index is 0.0143. The molecule has 0 aromatic carbocycles. The van der Waals surface area contributed by atoms with Gasteiger partial charge in [0.1, 0.15) is 5.82 Å². The standard InChI is InChI=1S/C22H33N5O4/c1-30-9-6-26-5-2-17(14-26)11-25-22(29)18-10-19-21(23-12-18)24-13-20(28)27(19)15-16-3-7-31-8-4-16/h10,12,16-17H,2-9,11,13-15H2,1H3,(H,23,24)(H,25,29). The predicted molar refractivity (Wildman–Crippen MR) is 117 cm³/mol. The molecule has 0 saturated carbocycles. The summed E-state index contributed by atoms with van der Waals surface area (Å²) in [4.78, 5) is 34.0. The Morgan fingerprint density at radius 1 is 1.32 bits per heavy atom. The third-order valence-electron chi connectivity index (χ3n) is 6.44. The minimum Gasteiger partial charge on any atom is -0.383 e. The van der Waals surface area contributed by atoms with Crippen LogP contribution >= 0.6 is 0 Å². The molecule has 1 aromatic heterocycles. The number of nitrogens with one attached hydrogen (secondary N) is 2. The fourth-order valence-electron chi connectivity index (χ4n) is 4.54. The SMILES string of the molecule is COCCN1CCC(CNC(=O)c2cnc3c(c2)N(CC2CCOCC2)C(=O)CN3)C1. The van der Waals surface area contributed by atoms with Gasteiger partial charge in [-0.25, -0.2) is 4.98 Å². The van der Waals surface area contributed by atoms with Gasteiger partial charge in [-0.1, -0.05) is 0 Å². The lowest BCUT2D eigenvalue weighted by Gasteiger charge is -2.33. The summed E-state index contributed by atoms with van der Waals surface area (Å²) in [5.41, 5.74) is 1.18. The summed E-state index contributed by atoms with van der Waals surface area (Å²) in [6.07, 6.45) is 4.55. The van der Waals surface area contributed by atoms with E-state index in [4.69, 9.17) is 9.47 Å². The van der Waals surface area contributed by atoms with E-state index in [1.807, 2.05) is 0 Å². The monoisotopic (exact) mass is 431 g/mol. The molecule has 2 fully saturated rings. The molecular weight excluding hydrogens is 398 g/mol. The van der Waals surface area contributed by atoms with Crippen molar-refractivity contribution < 1.29 is 19.1 Å². The van der Waals surface area contributed by atoms with Crippen LogP contribution in [-0.2, 0) is 14.3 Å². The predicted octanol–water partition coefficient (Wildman–Crippen LogP) is 0.965. The summed E-state index contributed by atoms with van der Waals surface area (Å²) in [7, 11) is 1.72. The topological polar surface area (TPSA) is 96.0 Å². The van der Waals surface area contributed by atoms with Gasteiger partial charge in [-0.2, -0.15) is 0 Å². The quantitative estimate of drug-likeness (QED) is 0.633. The molecule has 0 aliphatic carbocycles. The highest BCUT2D eigenvalue weighted by Gasteiger charge is 2.29. The van der Waals surface area contributed by atoms with Crippen LogP contribution in [0.4, 0.5) is 11.5 Å². The van der Waals surface area contributed by atoms with E-state index in [1.54, 1.807) is 24.3 Å². The Kier molecular flexibility index (Phi) is 7.37. The molecule has 0 spiro atoms. The molecule has 31 heavy (non-hydrogen) atoms. The van der Waals surface area contributed by atoms with Gasteiger partial charge in [-0.05, 0) is 43.7 Å². The van der Waals surface area contributed by atoms with Gasteiger partial charge in [0.05, 0.1) is 24.4 Å². The number of methoxy groups -OCH3 is 1. The van der Waals surface area contributed by atoms with Crippen LogP contribution in [-0.4, -0.2) is 87.9 Å². The highest BCUT2D eigenvalue weighted by molar-refractivity contribution is 6.04. The number of carbonyl (C=O) groups is 2. The van der Waals surface area contributed by atoms with Crippen molar-refractivity contribution in [2.45, 2.75) is 19.3 Å². The number of fused-ring (bicyclic) bond motifs is 1. The van der Waals surface area contributed by atoms with Gasteiger partial charge in [-0.15, -0.1) is 0 Å². The van der Waals surface area contributed by atoms with Crippen molar-refractivity contribution in [1.82, 2.24) is 15.2 Å². The van der Waals surface area contributed by atoms with E-state index in [2.05, 4.69) is 20.5 Å². The molecule has 2 amide bonds. The molecule has 2 saturated heterocycles. The molecule has 170 valence electrons. The lowest BCUT2D eigenvalue weighted by Crippen LogP contribution is -2.44. The number of pyridine rings is 1. The maximum atomic E-state index is 12.8. The lowest BCUT2D eigenvalue weighted by molar-refractivity contribution is -0.117. The average molecular weight is 432 g/mol. The van der Waals surface area contributed by atoms with Crippen molar-refractivity contribution >= 4 is 23.3 Å². The fourth-order valence-corrected chi connectivity index (χ4v) is 4.54. The van der Waals surface area contributed by atoms with Crippen molar-refractivity contribution in [3.63, 3.8) is 0 Å². The normalized spacial score (nSPS) is 22.3. The molecular formula is C22H33N5O4. The van der Waals surface area contributed by atoms with Crippen LogP contribution in [0, 0.1) is 11.8 Å². The molecule has 0 bridgehead atoms. The Bertz CT molecular complexity index is 783. The van der Waals surface area contributed by atoms with Crippen molar-refractivity contribution in [2.24, 2.45) is 11.8 Å². The second-order valence-electron chi connectivity index (χ2n) is 8.66. The highest BCUT2D eigenvalue weighted by Crippen LogP contribution is 2.30. The van der Waals surface area contributed by atoms with Crippen LogP contribution in [0.3, 0.4) is 0 Å². The van der Waals surface area contributed by atoms with Crippen molar-refractivity contribution in [1.29, 1.82) is 0 Å².